The highest BCUT2D eigenvalue weighted by atomic mass is 32.1. The highest BCUT2D eigenvalue weighted by molar-refractivity contribution is 7.80. The van der Waals surface area contributed by atoms with Crippen molar-refractivity contribution in [2.45, 2.75) is 20.3 Å². The summed E-state index contributed by atoms with van der Waals surface area (Å²) in [6.07, 6.45) is 0.379. The van der Waals surface area contributed by atoms with Crippen LogP contribution in [0.3, 0.4) is 0 Å². The summed E-state index contributed by atoms with van der Waals surface area (Å²) in [5, 5.41) is 5.58. The molecular weight excluding hydrogens is 302 g/mol. The van der Waals surface area contributed by atoms with Crippen molar-refractivity contribution in [3.05, 3.63) is 29.3 Å². The van der Waals surface area contributed by atoms with Gasteiger partial charge >= 0.3 is 0 Å². The standard InChI is InChI=1S/C15H17N3O3S/c1-8(2)6-12(19)17-15(22)16-9-4-5-10-11(7-9)14(21)18(3)13(10)20/h4-5,7-8H,6H2,1-3H3,(H2,16,17,19,22). The monoisotopic (exact) mass is 319 g/mol. The minimum atomic E-state index is -0.349. The predicted molar refractivity (Wildman–Crippen MR) is 86.7 cm³/mol. The lowest BCUT2D eigenvalue weighted by molar-refractivity contribution is -0.120. The zero-order chi connectivity index (χ0) is 16.4. The minimum absolute atomic E-state index is 0.163. The number of hydrogen-bond donors (Lipinski definition) is 2. The molecule has 1 aromatic rings. The van der Waals surface area contributed by atoms with E-state index in [1.54, 1.807) is 18.2 Å². The van der Waals surface area contributed by atoms with E-state index < -0.39 is 0 Å². The molecule has 2 N–H and O–H groups in total. The molecular formula is C15H17N3O3S. The molecule has 0 fully saturated rings. The summed E-state index contributed by atoms with van der Waals surface area (Å²) < 4.78 is 0. The van der Waals surface area contributed by atoms with Crippen molar-refractivity contribution in [2.24, 2.45) is 5.92 Å². The Hall–Kier alpha value is -2.28. The Balaban J connectivity index is 2.07. The Labute approximate surface area is 133 Å². The topological polar surface area (TPSA) is 78.5 Å². The molecule has 0 saturated heterocycles. The lowest BCUT2D eigenvalue weighted by Gasteiger charge is -2.11. The molecule has 1 aromatic carbocycles. The number of anilines is 1. The van der Waals surface area contributed by atoms with Crippen LogP contribution in [-0.4, -0.2) is 34.8 Å². The predicted octanol–water partition coefficient (Wildman–Crippen LogP) is 1.77. The van der Waals surface area contributed by atoms with E-state index in [1.165, 1.54) is 7.05 Å². The second-order valence-corrected chi connectivity index (χ2v) is 5.94. The van der Waals surface area contributed by atoms with Gasteiger partial charge in [0.25, 0.3) is 11.8 Å². The molecule has 1 aliphatic heterocycles. The number of hydrogen-bond acceptors (Lipinski definition) is 4. The summed E-state index contributed by atoms with van der Waals surface area (Å²) in [4.78, 5) is 36.4. The van der Waals surface area contributed by atoms with Crippen LogP contribution >= 0.6 is 12.2 Å². The summed E-state index contributed by atoms with van der Waals surface area (Å²) in [6, 6.07) is 4.77. The van der Waals surface area contributed by atoms with Crippen LogP contribution in [0.15, 0.2) is 18.2 Å². The fourth-order valence-corrected chi connectivity index (χ4v) is 2.38. The lowest BCUT2D eigenvalue weighted by Crippen LogP contribution is -2.34. The molecule has 0 aromatic heterocycles. The Morgan fingerprint density at radius 1 is 1.23 bits per heavy atom. The normalized spacial score (nSPS) is 13.4. The van der Waals surface area contributed by atoms with Crippen molar-refractivity contribution in [1.82, 2.24) is 10.2 Å². The van der Waals surface area contributed by atoms with E-state index >= 15 is 0 Å². The molecule has 0 saturated carbocycles. The van der Waals surface area contributed by atoms with Crippen LogP contribution in [0.2, 0.25) is 0 Å². The summed E-state index contributed by atoms with van der Waals surface area (Å²) in [7, 11) is 1.44. The summed E-state index contributed by atoms with van der Waals surface area (Å²) in [6.45, 7) is 3.88. The van der Waals surface area contributed by atoms with Crippen molar-refractivity contribution in [1.29, 1.82) is 0 Å². The maximum atomic E-state index is 11.9. The van der Waals surface area contributed by atoms with Crippen molar-refractivity contribution >= 4 is 40.7 Å². The second kappa shape index (κ2) is 6.23. The van der Waals surface area contributed by atoms with Crippen molar-refractivity contribution in [3.8, 4) is 0 Å². The molecule has 3 amide bonds. The Morgan fingerprint density at radius 3 is 2.50 bits per heavy atom. The fourth-order valence-electron chi connectivity index (χ4n) is 2.15. The maximum absolute atomic E-state index is 11.9. The number of nitrogens with zero attached hydrogens (tertiary/aromatic N) is 1. The molecule has 1 heterocycles. The van der Waals surface area contributed by atoms with E-state index in [4.69, 9.17) is 12.2 Å². The van der Waals surface area contributed by atoms with Crippen LogP contribution in [0, 0.1) is 5.92 Å². The third kappa shape index (κ3) is 3.30. The number of carbonyl (C=O) groups is 3. The van der Waals surface area contributed by atoms with Gasteiger partial charge in [-0.2, -0.15) is 0 Å². The molecule has 0 bridgehead atoms. The van der Waals surface area contributed by atoms with E-state index in [0.29, 0.717) is 23.2 Å². The minimum Gasteiger partial charge on any atom is -0.332 e. The van der Waals surface area contributed by atoms with Crippen LogP contribution in [-0.2, 0) is 4.79 Å². The van der Waals surface area contributed by atoms with Crippen molar-refractivity contribution < 1.29 is 14.4 Å². The van der Waals surface area contributed by atoms with E-state index in [1.807, 2.05) is 13.8 Å². The van der Waals surface area contributed by atoms with Gasteiger partial charge in [-0.15, -0.1) is 0 Å². The summed E-state index contributed by atoms with van der Waals surface area (Å²) >= 11 is 5.06. The van der Waals surface area contributed by atoms with Crippen LogP contribution in [0.1, 0.15) is 41.0 Å². The van der Waals surface area contributed by atoms with Crippen molar-refractivity contribution in [3.63, 3.8) is 0 Å². The Kier molecular flexibility index (Phi) is 4.56. The second-order valence-electron chi connectivity index (χ2n) is 5.53. The largest absolute Gasteiger partial charge is 0.332 e. The zero-order valence-corrected chi connectivity index (χ0v) is 13.4. The first-order chi connectivity index (χ1) is 10.3. The number of thiocarbonyl (C=S) groups is 1. The molecule has 0 unspecified atom stereocenters. The molecule has 7 heteroatoms. The van der Waals surface area contributed by atoms with Gasteiger partial charge < -0.3 is 10.6 Å². The first-order valence-corrected chi connectivity index (χ1v) is 7.27. The highest BCUT2D eigenvalue weighted by Crippen LogP contribution is 2.24. The number of fused-ring (bicyclic) bond motifs is 1. The van der Waals surface area contributed by atoms with Crippen LogP contribution < -0.4 is 10.6 Å². The van der Waals surface area contributed by atoms with E-state index in [9.17, 15) is 14.4 Å². The van der Waals surface area contributed by atoms with Crippen LogP contribution in [0.25, 0.3) is 0 Å². The number of amides is 3. The molecule has 116 valence electrons. The SMILES string of the molecule is CC(C)CC(=O)NC(=S)Nc1ccc2c(c1)C(=O)N(C)C2=O. The Bertz CT molecular complexity index is 670. The molecule has 0 spiro atoms. The quantitative estimate of drug-likeness (QED) is 0.656. The fraction of sp³-hybridized carbons (Fsp3) is 0.333. The van der Waals surface area contributed by atoms with E-state index in [-0.39, 0.29) is 28.8 Å². The number of carbonyl (C=O) groups excluding carboxylic acids is 3. The molecule has 0 radical (unpaired) electrons. The molecule has 6 nitrogen and oxygen atoms in total. The Morgan fingerprint density at radius 2 is 1.86 bits per heavy atom. The molecule has 22 heavy (non-hydrogen) atoms. The van der Waals surface area contributed by atoms with Crippen LogP contribution in [0.4, 0.5) is 5.69 Å². The number of benzene rings is 1. The van der Waals surface area contributed by atoms with Gasteiger partial charge in [0.2, 0.25) is 5.91 Å². The first kappa shape index (κ1) is 16.1. The lowest BCUT2D eigenvalue weighted by atomic mass is 10.1. The van der Waals surface area contributed by atoms with Gasteiger partial charge in [0.15, 0.2) is 5.11 Å². The van der Waals surface area contributed by atoms with Crippen molar-refractivity contribution in [2.75, 3.05) is 12.4 Å². The summed E-state index contributed by atoms with van der Waals surface area (Å²) in [5.74, 6) is -0.598. The maximum Gasteiger partial charge on any atom is 0.261 e. The number of rotatable bonds is 3. The molecule has 0 atom stereocenters. The van der Waals surface area contributed by atoms with Gasteiger partial charge in [-0.25, -0.2) is 0 Å². The third-order valence-electron chi connectivity index (χ3n) is 3.19. The molecule has 1 aliphatic rings. The van der Waals surface area contributed by atoms with Crippen LogP contribution in [0.5, 0.6) is 0 Å². The molecule has 0 aliphatic carbocycles. The first-order valence-electron chi connectivity index (χ1n) is 6.87. The third-order valence-corrected chi connectivity index (χ3v) is 3.40. The van der Waals surface area contributed by atoms with Gasteiger partial charge in [-0.3, -0.25) is 19.3 Å². The summed E-state index contributed by atoms with van der Waals surface area (Å²) in [5.41, 5.74) is 1.24. The van der Waals surface area contributed by atoms with Gasteiger partial charge in [0, 0.05) is 19.2 Å². The van der Waals surface area contributed by atoms with Gasteiger partial charge in [0.05, 0.1) is 11.1 Å². The van der Waals surface area contributed by atoms with Gasteiger partial charge in [-0.05, 0) is 36.3 Å². The smallest absolute Gasteiger partial charge is 0.261 e. The highest BCUT2D eigenvalue weighted by Gasteiger charge is 2.32. The van der Waals surface area contributed by atoms with Gasteiger partial charge in [-0.1, -0.05) is 13.8 Å². The van der Waals surface area contributed by atoms with E-state index in [2.05, 4.69) is 10.6 Å². The average molecular weight is 319 g/mol. The number of nitrogens with one attached hydrogen (secondary N) is 2. The van der Waals surface area contributed by atoms with E-state index in [0.717, 1.165) is 4.90 Å². The zero-order valence-electron chi connectivity index (χ0n) is 12.6. The number of imide groups is 1. The average Bonchev–Trinajstić information content (AvgIpc) is 2.62. The van der Waals surface area contributed by atoms with Gasteiger partial charge in [0.1, 0.15) is 0 Å². The molecule has 2 rings (SSSR count).